The van der Waals surface area contributed by atoms with E-state index in [1.165, 1.54) is 28.8 Å². The fraction of sp³-hybridized carbons (Fsp3) is 0.0769. The maximum absolute atomic E-state index is 13.5. The summed E-state index contributed by atoms with van der Waals surface area (Å²) in [4.78, 5) is 25.8. The van der Waals surface area contributed by atoms with Crippen LogP contribution in [0, 0.1) is 5.82 Å². The van der Waals surface area contributed by atoms with Crippen LogP contribution in [0.2, 0.25) is 0 Å². The molecule has 21 heavy (non-hydrogen) atoms. The van der Waals surface area contributed by atoms with Crippen molar-refractivity contribution in [3.05, 3.63) is 64.2 Å². The molecule has 0 bridgehead atoms. The van der Waals surface area contributed by atoms with Crippen molar-refractivity contribution in [1.82, 2.24) is 24.9 Å². The molecule has 3 rings (SSSR count). The number of hydrogen-bond acceptors (Lipinski definition) is 4. The van der Waals surface area contributed by atoms with Crippen molar-refractivity contribution >= 4 is 11.6 Å². The number of aromatic nitrogens is 4. The Kier molecular flexibility index (Phi) is 3.19. The van der Waals surface area contributed by atoms with Gasteiger partial charge in [0.2, 0.25) is 5.65 Å². The number of carbonyl (C=O) groups excluding carboxylic acids is 1. The van der Waals surface area contributed by atoms with E-state index in [1.807, 2.05) is 0 Å². The molecule has 0 atom stereocenters. The minimum atomic E-state index is -0.599. The Balaban J connectivity index is 1.81. The molecule has 0 saturated heterocycles. The number of aromatic amines is 1. The van der Waals surface area contributed by atoms with Gasteiger partial charge in [-0.2, -0.15) is 0 Å². The molecule has 1 aromatic carbocycles. The van der Waals surface area contributed by atoms with Crippen LogP contribution in [0.5, 0.6) is 0 Å². The summed E-state index contributed by atoms with van der Waals surface area (Å²) in [5.74, 6) is -0.784. The van der Waals surface area contributed by atoms with E-state index in [1.54, 1.807) is 12.3 Å². The zero-order valence-electron chi connectivity index (χ0n) is 10.7. The van der Waals surface area contributed by atoms with Crippen molar-refractivity contribution in [2.75, 3.05) is 0 Å². The van der Waals surface area contributed by atoms with Crippen LogP contribution in [0.25, 0.3) is 5.65 Å². The molecule has 106 valence electrons. The first-order valence-electron chi connectivity index (χ1n) is 6.11. The van der Waals surface area contributed by atoms with Gasteiger partial charge in [0, 0.05) is 12.4 Å². The summed E-state index contributed by atoms with van der Waals surface area (Å²) in [5, 5.41) is 10.1. The monoisotopic (exact) mass is 287 g/mol. The molecule has 0 aliphatic rings. The first-order valence-corrected chi connectivity index (χ1v) is 6.11. The van der Waals surface area contributed by atoms with Crippen molar-refractivity contribution in [2.24, 2.45) is 0 Å². The van der Waals surface area contributed by atoms with Gasteiger partial charge in [-0.25, -0.2) is 4.39 Å². The molecule has 0 unspecified atom stereocenters. The Bertz CT molecular complexity index is 870. The molecule has 2 heterocycles. The van der Waals surface area contributed by atoms with Gasteiger partial charge in [0.15, 0.2) is 5.82 Å². The number of nitrogens with one attached hydrogen (secondary N) is 2. The SMILES string of the molecule is O=C(NCc1nnc2c(=O)[nH]ccn12)c1ccccc1F. The van der Waals surface area contributed by atoms with Crippen molar-refractivity contribution in [1.29, 1.82) is 0 Å². The van der Waals surface area contributed by atoms with Gasteiger partial charge >= 0.3 is 0 Å². The number of amides is 1. The Labute approximate surface area is 117 Å². The smallest absolute Gasteiger partial charge is 0.293 e. The molecular weight excluding hydrogens is 277 g/mol. The van der Waals surface area contributed by atoms with E-state index in [-0.39, 0.29) is 23.3 Å². The fourth-order valence-corrected chi connectivity index (χ4v) is 1.91. The molecule has 7 nitrogen and oxygen atoms in total. The summed E-state index contributed by atoms with van der Waals surface area (Å²) in [6, 6.07) is 5.67. The summed E-state index contributed by atoms with van der Waals surface area (Å²) in [7, 11) is 0. The minimum absolute atomic E-state index is 0.0256. The number of nitrogens with zero attached hydrogens (tertiary/aromatic N) is 3. The summed E-state index contributed by atoms with van der Waals surface area (Å²) in [5.41, 5.74) is -0.298. The highest BCUT2D eigenvalue weighted by Gasteiger charge is 2.13. The standard InChI is InChI=1S/C13H10FN5O2/c14-9-4-2-1-3-8(9)12(20)16-7-10-17-18-11-13(21)15-5-6-19(10)11/h1-6H,7H2,(H,15,21)(H,16,20). The molecule has 0 saturated carbocycles. The van der Waals surface area contributed by atoms with Gasteiger partial charge in [-0.1, -0.05) is 12.1 Å². The van der Waals surface area contributed by atoms with Crippen LogP contribution in [0.1, 0.15) is 16.2 Å². The molecule has 2 aromatic heterocycles. The van der Waals surface area contributed by atoms with E-state index in [0.717, 1.165) is 0 Å². The third-order valence-electron chi connectivity index (χ3n) is 2.93. The molecule has 0 aliphatic heterocycles. The maximum Gasteiger partial charge on any atom is 0.293 e. The molecule has 0 spiro atoms. The number of fused-ring (bicyclic) bond motifs is 1. The number of H-pyrrole nitrogens is 1. The predicted molar refractivity (Wildman–Crippen MR) is 71.2 cm³/mol. The lowest BCUT2D eigenvalue weighted by Gasteiger charge is -2.04. The van der Waals surface area contributed by atoms with Gasteiger partial charge in [-0.05, 0) is 12.1 Å². The third-order valence-corrected chi connectivity index (χ3v) is 2.93. The fourth-order valence-electron chi connectivity index (χ4n) is 1.91. The van der Waals surface area contributed by atoms with Gasteiger partial charge in [0.05, 0.1) is 12.1 Å². The highest BCUT2D eigenvalue weighted by Crippen LogP contribution is 2.06. The summed E-state index contributed by atoms with van der Waals surface area (Å²) >= 11 is 0. The number of benzene rings is 1. The zero-order valence-corrected chi connectivity index (χ0v) is 10.7. The number of rotatable bonds is 3. The molecule has 0 radical (unpaired) electrons. The highest BCUT2D eigenvalue weighted by atomic mass is 19.1. The molecule has 0 aliphatic carbocycles. The normalized spacial score (nSPS) is 10.7. The Morgan fingerprint density at radius 1 is 1.33 bits per heavy atom. The number of carbonyl (C=O) groups is 1. The average molecular weight is 287 g/mol. The maximum atomic E-state index is 13.5. The van der Waals surface area contributed by atoms with E-state index >= 15 is 0 Å². The second kappa shape index (κ2) is 5.16. The van der Waals surface area contributed by atoms with Crippen LogP contribution in [-0.4, -0.2) is 25.5 Å². The van der Waals surface area contributed by atoms with Gasteiger partial charge in [-0.3, -0.25) is 14.0 Å². The van der Waals surface area contributed by atoms with Crippen LogP contribution >= 0.6 is 0 Å². The van der Waals surface area contributed by atoms with Gasteiger partial charge < -0.3 is 10.3 Å². The summed E-state index contributed by atoms with van der Waals surface area (Å²) in [6.45, 7) is 0.0256. The van der Waals surface area contributed by atoms with Crippen molar-refractivity contribution in [3.63, 3.8) is 0 Å². The lowest BCUT2D eigenvalue weighted by Crippen LogP contribution is -2.25. The Morgan fingerprint density at radius 2 is 2.14 bits per heavy atom. The predicted octanol–water partition coefficient (Wildman–Crippen LogP) is 0.487. The number of hydrogen-bond donors (Lipinski definition) is 2. The van der Waals surface area contributed by atoms with Crippen LogP contribution < -0.4 is 10.9 Å². The molecule has 3 aromatic rings. The summed E-state index contributed by atoms with van der Waals surface area (Å²) in [6.07, 6.45) is 3.02. The second-order valence-electron chi connectivity index (χ2n) is 4.26. The highest BCUT2D eigenvalue weighted by molar-refractivity contribution is 5.94. The van der Waals surface area contributed by atoms with Gasteiger partial charge in [0.1, 0.15) is 5.82 Å². The van der Waals surface area contributed by atoms with Crippen LogP contribution in [0.15, 0.2) is 41.5 Å². The molecule has 8 heteroatoms. The van der Waals surface area contributed by atoms with E-state index in [2.05, 4.69) is 20.5 Å². The largest absolute Gasteiger partial charge is 0.345 e. The molecular formula is C13H10FN5O2. The van der Waals surface area contributed by atoms with E-state index < -0.39 is 11.7 Å². The third kappa shape index (κ3) is 2.38. The second-order valence-corrected chi connectivity index (χ2v) is 4.26. The average Bonchev–Trinajstić information content (AvgIpc) is 2.90. The summed E-state index contributed by atoms with van der Waals surface area (Å²) < 4.78 is 14.9. The first-order chi connectivity index (χ1) is 10.2. The van der Waals surface area contributed by atoms with Crippen LogP contribution in [-0.2, 0) is 6.54 Å². The quantitative estimate of drug-likeness (QED) is 0.733. The van der Waals surface area contributed by atoms with Gasteiger partial charge in [0.25, 0.3) is 11.5 Å². The molecule has 0 fully saturated rings. The van der Waals surface area contributed by atoms with Gasteiger partial charge in [-0.15, -0.1) is 10.2 Å². The molecule has 1 amide bonds. The number of halogens is 1. The lowest BCUT2D eigenvalue weighted by atomic mass is 10.2. The molecule has 2 N–H and O–H groups in total. The topological polar surface area (TPSA) is 92.2 Å². The van der Waals surface area contributed by atoms with Crippen molar-refractivity contribution in [2.45, 2.75) is 6.54 Å². The van der Waals surface area contributed by atoms with Crippen LogP contribution in [0.3, 0.4) is 0 Å². The first kappa shape index (κ1) is 13.0. The van der Waals surface area contributed by atoms with E-state index in [9.17, 15) is 14.0 Å². The van der Waals surface area contributed by atoms with E-state index in [4.69, 9.17) is 0 Å². The Morgan fingerprint density at radius 3 is 2.95 bits per heavy atom. The zero-order chi connectivity index (χ0) is 14.8. The van der Waals surface area contributed by atoms with E-state index in [0.29, 0.717) is 5.82 Å². The minimum Gasteiger partial charge on any atom is -0.345 e. The lowest BCUT2D eigenvalue weighted by molar-refractivity contribution is 0.0945. The van der Waals surface area contributed by atoms with Crippen LogP contribution in [0.4, 0.5) is 4.39 Å². The Hall–Kier alpha value is -3.03. The van der Waals surface area contributed by atoms with Crippen molar-refractivity contribution in [3.8, 4) is 0 Å². The van der Waals surface area contributed by atoms with Crippen molar-refractivity contribution < 1.29 is 9.18 Å².